The lowest BCUT2D eigenvalue weighted by atomic mass is 10.0. The van der Waals surface area contributed by atoms with Crippen LogP contribution < -0.4 is 0 Å². The van der Waals surface area contributed by atoms with Crippen molar-refractivity contribution in [3.63, 3.8) is 0 Å². The molecule has 1 nitrogen and oxygen atoms in total. The zero-order valence-corrected chi connectivity index (χ0v) is 11.8. The number of aryl methyl sites for hydroxylation is 1. The van der Waals surface area contributed by atoms with Crippen molar-refractivity contribution in [2.24, 2.45) is 0 Å². The number of hydrogen-bond acceptors (Lipinski definition) is 1. The summed E-state index contributed by atoms with van der Waals surface area (Å²) in [5.41, 5.74) is 1.80. The molecule has 0 radical (unpaired) electrons. The number of carbonyl (C=O) groups is 1. The molecule has 2 rings (SSSR count). The van der Waals surface area contributed by atoms with Gasteiger partial charge in [0.25, 0.3) is 0 Å². The largest absolute Gasteiger partial charge is 0.289 e. The summed E-state index contributed by atoms with van der Waals surface area (Å²) in [6.07, 6.45) is 0. The van der Waals surface area contributed by atoms with Crippen LogP contribution in [0, 0.1) is 12.7 Å². The van der Waals surface area contributed by atoms with Crippen molar-refractivity contribution in [3.8, 4) is 0 Å². The van der Waals surface area contributed by atoms with Gasteiger partial charge in [-0.05, 0) is 58.7 Å². The second-order valence-electron chi connectivity index (χ2n) is 3.94. The molecule has 0 aliphatic rings. The Labute approximate surface area is 118 Å². The highest BCUT2D eigenvalue weighted by atomic mass is 79.9. The van der Waals surface area contributed by atoms with Gasteiger partial charge in [0, 0.05) is 11.1 Å². The molecule has 0 aliphatic carbocycles. The number of ketones is 1. The number of benzene rings is 2. The van der Waals surface area contributed by atoms with Gasteiger partial charge in [-0.15, -0.1) is 0 Å². The molecule has 0 saturated heterocycles. The Hall–Kier alpha value is -1.19. The van der Waals surface area contributed by atoms with Crippen molar-refractivity contribution in [1.82, 2.24) is 0 Å². The van der Waals surface area contributed by atoms with Gasteiger partial charge in [-0.3, -0.25) is 4.79 Å². The van der Waals surface area contributed by atoms with Crippen LogP contribution in [0.1, 0.15) is 21.5 Å². The molecule has 0 bridgehead atoms. The van der Waals surface area contributed by atoms with Gasteiger partial charge >= 0.3 is 0 Å². The third kappa shape index (κ3) is 2.62. The summed E-state index contributed by atoms with van der Waals surface area (Å²) in [7, 11) is 0. The summed E-state index contributed by atoms with van der Waals surface area (Å²) in [6.45, 7) is 1.90. The zero-order chi connectivity index (χ0) is 13.3. The minimum absolute atomic E-state index is 0.222. The summed E-state index contributed by atoms with van der Waals surface area (Å²) >= 11 is 9.10. The maximum Gasteiger partial charge on any atom is 0.194 e. The Morgan fingerprint density at radius 2 is 1.94 bits per heavy atom. The van der Waals surface area contributed by atoms with Crippen molar-refractivity contribution in [2.45, 2.75) is 6.92 Å². The highest BCUT2D eigenvalue weighted by Gasteiger charge is 2.14. The van der Waals surface area contributed by atoms with Gasteiger partial charge in [0.05, 0.1) is 9.50 Å². The first-order valence-corrected chi connectivity index (χ1v) is 6.42. The van der Waals surface area contributed by atoms with Crippen LogP contribution in [0.4, 0.5) is 4.39 Å². The van der Waals surface area contributed by atoms with Gasteiger partial charge in [0.2, 0.25) is 0 Å². The Balaban J connectivity index is 2.44. The first-order chi connectivity index (χ1) is 8.49. The third-order valence-corrected chi connectivity index (χ3v) is 3.47. The quantitative estimate of drug-likeness (QED) is 0.725. The number of rotatable bonds is 2. The summed E-state index contributed by atoms with van der Waals surface area (Å²) in [5, 5.41) is 0.403. The van der Waals surface area contributed by atoms with Gasteiger partial charge in [-0.25, -0.2) is 4.39 Å². The second kappa shape index (κ2) is 5.21. The molecule has 0 N–H and O–H groups in total. The summed E-state index contributed by atoms with van der Waals surface area (Å²) in [5.74, 6) is -0.623. The summed E-state index contributed by atoms with van der Waals surface area (Å²) in [6, 6.07) is 9.37. The van der Waals surface area contributed by atoms with Crippen molar-refractivity contribution >= 4 is 33.3 Å². The Bertz CT molecular complexity index is 625. The Morgan fingerprint density at radius 1 is 1.22 bits per heavy atom. The van der Waals surface area contributed by atoms with Crippen LogP contribution in [0.2, 0.25) is 5.02 Å². The normalized spacial score (nSPS) is 10.4. The fourth-order valence-corrected chi connectivity index (χ4v) is 2.30. The maximum atomic E-state index is 13.1. The molecule has 2 aromatic rings. The minimum Gasteiger partial charge on any atom is -0.289 e. The van der Waals surface area contributed by atoms with Gasteiger partial charge in [-0.1, -0.05) is 17.7 Å². The molecule has 0 saturated carbocycles. The van der Waals surface area contributed by atoms with Crippen LogP contribution in [0.5, 0.6) is 0 Å². The topological polar surface area (TPSA) is 17.1 Å². The number of hydrogen-bond donors (Lipinski definition) is 0. The molecule has 0 spiro atoms. The highest BCUT2D eigenvalue weighted by Crippen LogP contribution is 2.23. The van der Waals surface area contributed by atoms with Crippen LogP contribution in [-0.2, 0) is 0 Å². The summed E-state index contributed by atoms with van der Waals surface area (Å²) in [4.78, 5) is 12.2. The van der Waals surface area contributed by atoms with Crippen LogP contribution in [-0.4, -0.2) is 5.78 Å². The van der Waals surface area contributed by atoms with Crippen molar-refractivity contribution in [2.75, 3.05) is 0 Å². The lowest BCUT2D eigenvalue weighted by molar-refractivity contribution is 0.103. The van der Waals surface area contributed by atoms with E-state index >= 15 is 0 Å². The lowest BCUT2D eigenvalue weighted by Gasteiger charge is -2.05. The average molecular weight is 328 g/mol. The molecular weight excluding hydrogens is 319 g/mol. The van der Waals surface area contributed by atoms with Crippen molar-refractivity contribution in [1.29, 1.82) is 0 Å². The molecule has 4 heteroatoms. The number of halogens is 3. The van der Waals surface area contributed by atoms with Gasteiger partial charge in [0.1, 0.15) is 5.82 Å². The first kappa shape index (κ1) is 13.2. The lowest BCUT2D eigenvalue weighted by Crippen LogP contribution is -2.02. The molecule has 0 amide bonds. The SMILES string of the molecule is Cc1ccc(C(=O)c2ccc(F)c(Br)c2)c(Cl)c1. The fourth-order valence-electron chi connectivity index (χ4n) is 1.60. The van der Waals surface area contributed by atoms with E-state index in [0.29, 0.717) is 16.1 Å². The van der Waals surface area contributed by atoms with E-state index < -0.39 is 5.82 Å². The van der Waals surface area contributed by atoms with E-state index in [2.05, 4.69) is 15.9 Å². The van der Waals surface area contributed by atoms with Crippen LogP contribution >= 0.6 is 27.5 Å². The maximum absolute atomic E-state index is 13.1. The average Bonchev–Trinajstić information content (AvgIpc) is 2.32. The zero-order valence-electron chi connectivity index (χ0n) is 9.51. The monoisotopic (exact) mass is 326 g/mol. The molecule has 0 aliphatic heterocycles. The molecule has 0 aromatic heterocycles. The van der Waals surface area contributed by atoms with Gasteiger partial charge < -0.3 is 0 Å². The minimum atomic E-state index is -0.401. The number of carbonyl (C=O) groups excluding carboxylic acids is 1. The molecular formula is C14H9BrClFO. The highest BCUT2D eigenvalue weighted by molar-refractivity contribution is 9.10. The second-order valence-corrected chi connectivity index (χ2v) is 5.20. The Morgan fingerprint density at radius 3 is 2.56 bits per heavy atom. The van der Waals surface area contributed by atoms with E-state index in [1.165, 1.54) is 18.2 Å². The molecule has 0 fully saturated rings. The molecule has 2 aromatic carbocycles. The molecule has 0 atom stereocenters. The molecule has 18 heavy (non-hydrogen) atoms. The summed E-state index contributed by atoms with van der Waals surface area (Å²) < 4.78 is 13.4. The van der Waals surface area contributed by atoms with E-state index in [4.69, 9.17) is 11.6 Å². The molecule has 0 heterocycles. The van der Waals surface area contributed by atoms with Gasteiger partial charge in [-0.2, -0.15) is 0 Å². The predicted molar refractivity (Wildman–Crippen MR) is 73.7 cm³/mol. The van der Waals surface area contributed by atoms with E-state index in [1.807, 2.05) is 13.0 Å². The van der Waals surface area contributed by atoms with Crippen LogP contribution in [0.25, 0.3) is 0 Å². The van der Waals surface area contributed by atoms with E-state index in [9.17, 15) is 9.18 Å². The van der Waals surface area contributed by atoms with Crippen LogP contribution in [0.3, 0.4) is 0 Å². The predicted octanol–water partition coefficient (Wildman–Crippen LogP) is 4.78. The van der Waals surface area contributed by atoms with E-state index in [0.717, 1.165) is 5.56 Å². The first-order valence-electron chi connectivity index (χ1n) is 5.25. The van der Waals surface area contributed by atoms with E-state index in [1.54, 1.807) is 12.1 Å². The van der Waals surface area contributed by atoms with Crippen molar-refractivity contribution in [3.05, 3.63) is 68.4 Å². The van der Waals surface area contributed by atoms with Crippen molar-refractivity contribution < 1.29 is 9.18 Å². The standard InChI is InChI=1S/C14H9BrClFO/c1-8-2-4-10(12(16)6-8)14(18)9-3-5-13(17)11(15)7-9/h2-7H,1H3. The van der Waals surface area contributed by atoms with Crippen LogP contribution in [0.15, 0.2) is 40.9 Å². The molecule has 92 valence electrons. The molecule has 0 unspecified atom stereocenters. The smallest absolute Gasteiger partial charge is 0.194 e. The van der Waals surface area contributed by atoms with Gasteiger partial charge in [0.15, 0.2) is 5.78 Å². The third-order valence-electron chi connectivity index (χ3n) is 2.55. The Kier molecular flexibility index (Phi) is 3.83. The van der Waals surface area contributed by atoms with E-state index in [-0.39, 0.29) is 10.3 Å². The fraction of sp³-hybridized carbons (Fsp3) is 0.0714.